The zero-order chi connectivity index (χ0) is 15.3. The normalized spacial score (nSPS) is 18.9. The van der Waals surface area contributed by atoms with Crippen LogP contribution in [0.4, 0.5) is 13.2 Å². The van der Waals surface area contributed by atoms with Gasteiger partial charge >= 0.3 is 6.18 Å². The number of alkyl halides is 3. The van der Waals surface area contributed by atoms with Gasteiger partial charge in [-0.15, -0.1) is 10.2 Å². The molecule has 118 valence electrons. The average Bonchev–Trinajstić information content (AvgIpc) is 3.35. The summed E-state index contributed by atoms with van der Waals surface area (Å²) >= 11 is 0. The van der Waals surface area contributed by atoms with Crippen molar-refractivity contribution in [2.45, 2.75) is 38.3 Å². The summed E-state index contributed by atoms with van der Waals surface area (Å²) in [4.78, 5) is 0. The molecule has 2 saturated carbocycles. The highest BCUT2D eigenvalue weighted by atomic mass is 19.4. The lowest BCUT2D eigenvalue weighted by atomic mass is 10.2. The Kier molecular flexibility index (Phi) is 3.06. The van der Waals surface area contributed by atoms with Gasteiger partial charge in [0.2, 0.25) is 0 Å². The summed E-state index contributed by atoms with van der Waals surface area (Å²) in [6.45, 7) is 0.336. The lowest BCUT2D eigenvalue weighted by molar-refractivity contribution is -0.138. The fourth-order valence-electron chi connectivity index (χ4n) is 2.58. The Hall–Kier alpha value is -1.79. The first-order valence-corrected chi connectivity index (χ1v) is 7.59. The van der Waals surface area contributed by atoms with E-state index in [1.807, 2.05) is 0 Å². The Morgan fingerprint density at radius 1 is 1.14 bits per heavy atom. The number of fused-ring (bicyclic) bond motifs is 1. The summed E-state index contributed by atoms with van der Waals surface area (Å²) in [6, 6.07) is 1.39. The van der Waals surface area contributed by atoms with E-state index in [4.69, 9.17) is 4.74 Å². The molecule has 0 radical (unpaired) electrons. The summed E-state index contributed by atoms with van der Waals surface area (Å²) in [7, 11) is 0. The first-order chi connectivity index (χ1) is 10.5. The molecule has 2 aliphatic rings. The van der Waals surface area contributed by atoms with Crippen LogP contribution in [0.25, 0.3) is 5.65 Å². The zero-order valence-corrected chi connectivity index (χ0v) is 11.9. The maximum Gasteiger partial charge on any atom is 0.423 e. The molecule has 0 aliphatic heterocycles. The van der Waals surface area contributed by atoms with Crippen LogP contribution in [0, 0.1) is 11.8 Å². The predicted octanol–water partition coefficient (Wildman–Crippen LogP) is 3.49. The molecule has 0 saturated heterocycles. The Balaban J connectivity index is 1.74. The molecule has 2 aliphatic carbocycles. The van der Waals surface area contributed by atoms with Crippen molar-refractivity contribution in [3.05, 3.63) is 23.7 Å². The third-order valence-electron chi connectivity index (χ3n) is 4.23. The maximum absolute atomic E-state index is 13.4. The van der Waals surface area contributed by atoms with E-state index in [9.17, 15) is 13.2 Å². The highest BCUT2D eigenvalue weighted by Crippen LogP contribution is 2.40. The minimum Gasteiger partial charge on any atom is -0.492 e. The number of pyridine rings is 1. The lowest BCUT2D eigenvalue weighted by Crippen LogP contribution is -2.13. The van der Waals surface area contributed by atoms with Gasteiger partial charge in [-0.1, -0.05) is 0 Å². The van der Waals surface area contributed by atoms with Crippen molar-refractivity contribution >= 4 is 5.65 Å². The van der Waals surface area contributed by atoms with E-state index in [1.165, 1.54) is 10.5 Å². The van der Waals surface area contributed by atoms with Crippen LogP contribution in [-0.2, 0) is 12.6 Å². The van der Waals surface area contributed by atoms with E-state index < -0.39 is 11.7 Å². The van der Waals surface area contributed by atoms with Gasteiger partial charge in [0.05, 0.1) is 6.61 Å². The monoisotopic (exact) mass is 311 g/mol. The van der Waals surface area contributed by atoms with Crippen LogP contribution in [0.1, 0.15) is 37.1 Å². The van der Waals surface area contributed by atoms with Crippen molar-refractivity contribution in [2.24, 2.45) is 11.8 Å². The van der Waals surface area contributed by atoms with Crippen molar-refractivity contribution in [3.63, 3.8) is 0 Å². The molecular formula is C15H16F3N3O. The standard InChI is InChI=1S/C15H16F3N3O/c16-15(17,18)13-11(22-8-10-3-4-10)5-6-21-12(7-9-1-2-9)19-20-14(13)21/h5-6,9-10H,1-4,7-8H2. The summed E-state index contributed by atoms with van der Waals surface area (Å²) in [5.74, 6) is 1.38. The summed E-state index contributed by atoms with van der Waals surface area (Å²) in [6.07, 6.45) is 2.05. The van der Waals surface area contributed by atoms with Crippen LogP contribution < -0.4 is 4.74 Å². The second-order valence-corrected chi connectivity index (χ2v) is 6.26. The Morgan fingerprint density at radius 3 is 2.50 bits per heavy atom. The van der Waals surface area contributed by atoms with Gasteiger partial charge in [-0.3, -0.25) is 4.40 Å². The molecule has 0 amide bonds. The first-order valence-electron chi connectivity index (χ1n) is 7.59. The van der Waals surface area contributed by atoms with Crippen LogP contribution in [0.15, 0.2) is 12.3 Å². The van der Waals surface area contributed by atoms with Crippen LogP contribution >= 0.6 is 0 Å². The number of aromatic nitrogens is 3. The smallest absolute Gasteiger partial charge is 0.423 e. The number of halogens is 3. The van der Waals surface area contributed by atoms with Gasteiger partial charge in [0, 0.05) is 12.6 Å². The highest BCUT2D eigenvalue weighted by Gasteiger charge is 2.39. The van der Waals surface area contributed by atoms with Gasteiger partial charge in [-0.05, 0) is 43.6 Å². The second-order valence-electron chi connectivity index (χ2n) is 6.26. The fourth-order valence-corrected chi connectivity index (χ4v) is 2.58. The van der Waals surface area contributed by atoms with Crippen molar-refractivity contribution < 1.29 is 17.9 Å². The van der Waals surface area contributed by atoms with Crippen molar-refractivity contribution in [1.29, 1.82) is 0 Å². The van der Waals surface area contributed by atoms with E-state index in [2.05, 4.69) is 10.2 Å². The molecule has 0 spiro atoms. The van der Waals surface area contributed by atoms with E-state index in [1.54, 1.807) is 6.20 Å². The third-order valence-corrected chi connectivity index (χ3v) is 4.23. The molecule has 0 bridgehead atoms. The van der Waals surface area contributed by atoms with Crippen molar-refractivity contribution in [1.82, 2.24) is 14.6 Å². The van der Waals surface area contributed by atoms with Gasteiger partial charge in [0.1, 0.15) is 17.1 Å². The average molecular weight is 311 g/mol. The van der Waals surface area contributed by atoms with E-state index in [0.29, 0.717) is 30.7 Å². The summed E-state index contributed by atoms with van der Waals surface area (Å²) in [5, 5.41) is 7.74. The van der Waals surface area contributed by atoms with E-state index in [0.717, 1.165) is 25.7 Å². The third kappa shape index (κ3) is 2.64. The van der Waals surface area contributed by atoms with E-state index >= 15 is 0 Å². The minimum atomic E-state index is -4.51. The first kappa shape index (κ1) is 13.8. The molecule has 0 unspecified atom stereocenters. The highest BCUT2D eigenvalue weighted by molar-refractivity contribution is 5.56. The Morgan fingerprint density at radius 2 is 1.86 bits per heavy atom. The predicted molar refractivity (Wildman–Crippen MR) is 72.6 cm³/mol. The van der Waals surface area contributed by atoms with Gasteiger partial charge in [-0.25, -0.2) is 0 Å². The Labute approximate surface area is 125 Å². The molecule has 2 aromatic rings. The number of hydrogen-bond acceptors (Lipinski definition) is 3. The van der Waals surface area contributed by atoms with Gasteiger partial charge in [0.15, 0.2) is 5.65 Å². The molecule has 2 heterocycles. The lowest BCUT2D eigenvalue weighted by Gasteiger charge is -2.14. The van der Waals surface area contributed by atoms with Crippen LogP contribution in [-0.4, -0.2) is 21.2 Å². The zero-order valence-electron chi connectivity index (χ0n) is 11.9. The van der Waals surface area contributed by atoms with Crippen LogP contribution in [0.3, 0.4) is 0 Å². The molecule has 0 N–H and O–H groups in total. The number of hydrogen-bond donors (Lipinski definition) is 0. The number of rotatable bonds is 5. The molecule has 4 nitrogen and oxygen atoms in total. The Bertz CT molecular complexity index is 702. The van der Waals surface area contributed by atoms with Gasteiger partial charge < -0.3 is 4.74 Å². The van der Waals surface area contributed by atoms with Gasteiger partial charge in [0.25, 0.3) is 0 Å². The maximum atomic E-state index is 13.4. The fraction of sp³-hybridized carbons (Fsp3) is 0.600. The van der Waals surface area contributed by atoms with Crippen molar-refractivity contribution in [3.8, 4) is 5.75 Å². The molecule has 4 rings (SSSR count). The molecule has 0 aromatic carbocycles. The minimum absolute atomic E-state index is 0.141. The topological polar surface area (TPSA) is 39.4 Å². The number of nitrogens with zero attached hydrogens (tertiary/aromatic N) is 3. The molecular weight excluding hydrogens is 295 g/mol. The summed E-state index contributed by atoms with van der Waals surface area (Å²) in [5.41, 5.74) is -0.971. The number of ether oxygens (including phenoxy) is 1. The van der Waals surface area contributed by atoms with Crippen LogP contribution in [0.5, 0.6) is 5.75 Å². The quantitative estimate of drug-likeness (QED) is 0.848. The summed E-state index contributed by atoms with van der Waals surface area (Å²) < 4.78 is 47.2. The largest absolute Gasteiger partial charge is 0.492 e. The molecule has 2 aromatic heterocycles. The van der Waals surface area contributed by atoms with E-state index in [-0.39, 0.29) is 11.4 Å². The second kappa shape index (κ2) is 4.86. The van der Waals surface area contributed by atoms with Crippen LogP contribution in [0.2, 0.25) is 0 Å². The molecule has 7 heteroatoms. The van der Waals surface area contributed by atoms with Crippen molar-refractivity contribution in [2.75, 3.05) is 6.61 Å². The van der Waals surface area contributed by atoms with Gasteiger partial charge in [-0.2, -0.15) is 13.2 Å². The SMILES string of the molecule is FC(F)(F)c1c(OCC2CC2)ccn2c(CC3CC3)nnc12. The molecule has 0 atom stereocenters. The molecule has 22 heavy (non-hydrogen) atoms. The molecule has 2 fully saturated rings.